The molecule has 0 spiro atoms. The maximum atomic E-state index is 14.0. The molecule has 5 rings (SSSR count). The molecule has 1 fully saturated rings. The fraction of sp³-hybridized carbons (Fsp3) is 0.263. The smallest absolute Gasteiger partial charge is 0.186 e. The molecule has 1 aliphatic rings. The van der Waals surface area contributed by atoms with Crippen molar-refractivity contribution in [3.8, 4) is 5.75 Å². The normalized spacial score (nSPS) is 14.9. The maximum absolute atomic E-state index is 14.0. The summed E-state index contributed by atoms with van der Waals surface area (Å²) in [7, 11) is 1.62. The van der Waals surface area contributed by atoms with Crippen molar-refractivity contribution in [2.45, 2.75) is 0 Å². The summed E-state index contributed by atoms with van der Waals surface area (Å²) in [6.07, 6.45) is 0. The molecule has 29 heavy (non-hydrogen) atoms. The number of rotatable bonds is 3. The van der Waals surface area contributed by atoms with Crippen LogP contribution in [0.25, 0.3) is 20.4 Å². The number of ether oxygens (including phenoxy) is 1. The Morgan fingerprint density at radius 3 is 2.31 bits per heavy atom. The quantitative estimate of drug-likeness (QED) is 0.429. The monoisotopic (exact) mass is 452 g/mol. The molecule has 2 aromatic heterocycles. The van der Waals surface area contributed by atoms with Crippen LogP contribution in [0.5, 0.6) is 5.75 Å². The number of benzene rings is 2. The Bertz CT molecular complexity index is 1220. The van der Waals surface area contributed by atoms with E-state index in [-0.39, 0.29) is 5.52 Å². The van der Waals surface area contributed by atoms with Crippen molar-refractivity contribution < 1.29 is 13.5 Å². The van der Waals surface area contributed by atoms with Gasteiger partial charge in [-0.25, -0.2) is 18.7 Å². The highest BCUT2D eigenvalue weighted by molar-refractivity contribution is 7.23. The third-order valence-electron chi connectivity index (χ3n) is 4.89. The SMILES string of the molecule is COc1ccc(Cl)c2sc(N3CCN(c4nc5c(F)cc(F)cc5s4)CC3)nc12. The first-order chi connectivity index (χ1) is 14.0. The van der Waals surface area contributed by atoms with E-state index < -0.39 is 11.6 Å². The second-order valence-electron chi connectivity index (χ2n) is 6.63. The zero-order valence-corrected chi connectivity index (χ0v) is 17.7. The van der Waals surface area contributed by atoms with Crippen LogP contribution < -0.4 is 14.5 Å². The molecule has 4 aromatic rings. The van der Waals surface area contributed by atoms with Crippen molar-refractivity contribution in [2.24, 2.45) is 0 Å². The second kappa shape index (κ2) is 7.23. The van der Waals surface area contributed by atoms with E-state index in [4.69, 9.17) is 21.3 Å². The summed E-state index contributed by atoms with van der Waals surface area (Å²) in [5.74, 6) is -0.504. The van der Waals surface area contributed by atoms with Gasteiger partial charge in [-0.15, -0.1) is 0 Å². The summed E-state index contributed by atoms with van der Waals surface area (Å²) in [6, 6.07) is 5.84. The summed E-state index contributed by atoms with van der Waals surface area (Å²) in [4.78, 5) is 13.4. The standard InChI is InChI=1S/C19H15ClF2N4OS2/c1-27-13-3-2-11(20)17-16(13)24-19(29-17)26-6-4-25(5-7-26)18-23-15-12(22)8-10(21)9-14(15)28-18/h2-3,8-9H,4-7H2,1H3. The molecule has 1 saturated heterocycles. The van der Waals surface area contributed by atoms with Crippen LogP contribution in [-0.4, -0.2) is 43.3 Å². The fourth-order valence-electron chi connectivity index (χ4n) is 3.41. The van der Waals surface area contributed by atoms with Crippen LogP contribution in [0.2, 0.25) is 5.02 Å². The lowest BCUT2D eigenvalue weighted by Gasteiger charge is -2.34. The van der Waals surface area contributed by atoms with Crippen LogP contribution in [0.15, 0.2) is 24.3 Å². The Morgan fingerprint density at radius 2 is 1.62 bits per heavy atom. The molecular formula is C19H15ClF2N4OS2. The molecule has 0 bridgehead atoms. The van der Waals surface area contributed by atoms with Crippen LogP contribution >= 0.6 is 34.3 Å². The number of anilines is 2. The Balaban J connectivity index is 1.37. The van der Waals surface area contributed by atoms with Gasteiger partial charge in [-0.3, -0.25) is 0 Å². The van der Waals surface area contributed by atoms with Crippen molar-refractivity contribution in [2.75, 3.05) is 43.1 Å². The fourth-order valence-corrected chi connectivity index (χ4v) is 5.78. The first-order valence-electron chi connectivity index (χ1n) is 8.92. The lowest BCUT2D eigenvalue weighted by atomic mass is 10.3. The zero-order valence-electron chi connectivity index (χ0n) is 15.3. The Morgan fingerprint density at radius 1 is 0.966 bits per heavy atom. The van der Waals surface area contributed by atoms with Gasteiger partial charge in [0.25, 0.3) is 0 Å². The van der Waals surface area contributed by atoms with E-state index in [1.165, 1.54) is 17.4 Å². The van der Waals surface area contributed by atoms with E-state index in [2.05, 4.69) is 14.8 Å². The summed E-state index contributed by atoms with van der Waals surface area (Å²) < 4.78 is 34.2. The van der Waals surface area contributed by atoms with Gasteiger partial charge in [0.05, 0.1) is 21.5 Å². The van der Waals surface area contributed by atoms with Gasteiger partial charge in [-0.05, 0) is 18.2 Å². The van der Waals surface area contributed by atoms with E-state index >= 15 is 0 Å². The van der Waals surface area contributed by atoms with Crippen LogP contribution in [0.1, 0.15) is 0 Å². The molecule has 5 nitrogen and oxygen atoms in total. The van der Waals surface area contributed by atoms with Gasteiger partial charge >= 0.3 is 0 Å². The van der Waals surface area contributed by atoms with Crippen molar-refractivity contribution in [3.05, 3.63) is 40.9 Å². The summed E-state index contributed by atoms with van der Waals surface area (Å²) in [5.41, 5.74) is 0.993. The number of hydrogen-bond acceptors (Lipinski definition) is 7. The Labute approximate surface area is 178 Å². The minimum absolute atomic E-state index is 0.224. The average molecular weight is 453 g/mol. The first kappa shape index (κ1) is 18.8. The van der Waals surface area contributed by atoms with E-state index in [1.807, 2.05) is 12.1 Å². The van der Waals surface area contributed by atoms with E-state index in [1.54, 1.807) is 18.4 Å². The van der Waals surface area contributed by atoms with Crippen LogP contribution in [0, 0.1) is 11.6 Å². The van der Waals surface area contributed by atoms with E-state index in [0.29, 0.717) is 33.7 Å². The third kappa shape index (κ3) is 3.27. The molecular weight excluding hydrogens is 438 g/mol. The molecule has 0 radical (unpaired) electrons. The molecule has 10 heteroatoms. The molecule has 0 saturated carbocycles. The second-order valence-corrected chi connectivity index (χ2v) is 9.02. The van der Waals surface area contributed by atoms with Gasteiger partial charge in [0.15, 0.2) is 16.1 Å². The average Bonchev–Trinajstić information content (AvgIpc) is 3.34. The number of fused-ring (bicyclic) bond motifs is 2. The predicted molar refractivity (Wildman–Crippen MR) is 115 cm³/mol. The number of methoxy groups -OCH3 is 1. The predicted octanol–water partition coefficient (Wildman–Crippen LogP) is 5.17. The van der Waals surface area contributed by atoms with Crippen molar-refractivity contribution in [1.82, 2.24) is 9.97 Å². The minimum Gasteiger partial charge on any atom is -0.494 e. The largest absolute Gasteiger partial charge is 0.494 e. The number of piperazine rings is 1. The topological polar surface area (TPSA) is 41.5 Å². The summed E-state index contributed by atoms with van der Waals surface area (Å²) >= 11 is 9.18. The molecule has 2 aromatic carbocycles. The lowest BCUT2D eigenvalue weighted by Crippen LogP contribution is -2.46. The highest BCUT2D eigenvalue weighted by Gasteiger charge is 2.24. The summed E-state index contributed by atoms with van der Waals surface area (Å²) in [5, 5.41) is 2.26. The highest BCUT2D eigenvalue weighted by Crippen LogP contribution is 2.39. The van der Waals surface area contributed by atoms with E-state index in [9.17, 15) is 8.78 Å². The van der Waals surface area contributed by atoms with Crippen LogP contribution in [-0.2, 0) is 0 Å². The van der Waals surface area contributed by atoms with Gasteiger partial charge in [0.2, 0.25) is 0 Å². The van der Waals surface area contributed by atoms with Gasteiger partial charge in [-0.2, -0.15) is 0 Å². The number of aromatic nitrogens is 2. The maximum Gasteiger partial charge on any atom is 0.186 e. The van der Waals surface area contributed by atoms with Crippen LogP contribution in [0.4, 0.5) is 19.0 Å². The van der Waals surface area contributed by atoms with E-state index in [0.717, 1.165) is 34.5 Å². The van der Waals surface area contributed by atoms with Crippen molar-refractivity contribution in [3.63, 3.8) is 0 Å². The highest BCUT2D eigenvalue weighted by atomic mass is 35.5. The minimum atomic E-state index is -0.624. The number of thiazole rings is 2. The summed E-state index contributed by atoms with van der Waals surface area (Å²) in [6.45, 7) is 2.91. The molecule has 1 aliphatic heterocycles. The molecule has 3 heterocycles. The van der Waals surface area contributed by atoms with Crippen molar-refractivity contribution >= 4 is 65.0 Å². The Kier molecular flexibility index (Phi) is 4.68. The van der Waals surface area contributed by atoms with Gasteiger partial charge in [0, 0.05) is 32.2 Å². The van der Waals surface area contributed by atoms with Gasteiger partial charge in [-0.1, -0.05) is 34.3 Å². The van der Waals surface area contributed by atoms with Gasteiger partial charge in [0.1, 0.15) is 22.6 Å². The zero-order chi connectivity index (χ0) is 20.1. The van der Waals surface area contributed by atoms with Crippen molar-refractivity contribution in [1.29, 1.82) is 0 Å². The third-order valence-corrected chi connectivity index (χ3v) is 7.53. The Hall–Kier alpha value is -2.23. The number of halogens is 3. The molecule has 0 aliphatic carbocycles. The van der Waals surface area contributed by atoms with Gasteiger partial charge < -0.3 is 14.5 Å². The lowest BCUT2D eigenvalue weighted by molar-refractivity contribution is 0.419. The molecule has 0 unspecified atom stereocenters. The first-order valence-corrected chi connectivity index (χ1v) is 10.9. The number of nitrogens with zero attached hydrogens (tertiary/aromatic N) is 4. The van der Waals surface area contributed by atoms with Crippen LogP contribution in [0.3, 0.4) is 0 Å². The molecule has 150 valence electrons. The molecule has 0 atom stereocenters. The number of hydrogen-bond donors (Lipinski definition) is 0. The molecule has 0 amide bonds. The molecule has 0 N–H and O–H groups in total.